The van der Waals surface area contributed by atoms with Gasteiger partial charge in [0.1, 0.15) is 0 Å². The summed E-state index contributed by atoms with van der Waals surface area (Å²) in [6, 6.07) is 6.68. The summed E-state index contributed by atoms with van der Waals surface area (Å²) >= 11 is 0. The van der Waals surface area contributed by atoms with Crippen molar-refractivity contribution in [3.63, 3.8) is 0 Å². The van der Waals surface area contributed by atoms with E-state index >= 15 is 0 Å². The number of hydrogen-bond donors (Lipinski definition) is 0. The summed E-state index contributed by atoms with van der Waals surface area (Å²) in [6.45, 7) is 5.61. The number of aliphatic imine (C=N–C) groups is 1. The number of benzene rings is 1. The minimum Gasteiger partial charge on any atom is -0.338 e. The number of Topliss-reactive ketones (excluding diaryl/α,β-unsaturated/α-hetero) is 1. The molecule has 0 amide bonds. The van der Waals surface area contributed by atoms with Gasteiger partial charge in [0.25, 0.3) is 0 Å². The second-order valence-electron chi connectivity index (χ2n) is 7.38. The molecule has 0 fully saturated rings. The summed E-state index contributed by atoms with van der Waals surface area (Å²) in [6.07, 6.45) is 7.80. The first-order valence-electron chi connectivity index (χ1n) is 8.65. The molecule has 1 aliphatic carbocycles. The van der Waals surface area contributed by atoms with Crippen molar-refractivity contribution < 1.29 is 4.79 Å². The highest BCUT2D eigenvalue weighted by atomic mass is 16.1. The lowest BCUT2D eigenvalue weighted by Gasteiger charge is -2.38. The minimum atomic E-state index is -0.463. The second-order valence-corrected chi connectivity index (χ2v) is 7.38. The molecule has 1 spiro atoms. The molecule has 1 unspecified atom stereocenters. The molecular weight excluding hydrogens is 296 g/mol. The Morgan fingerprint density at radius 2 is 2.12 bits per heavy atom. The molecule has 1 atom stereocenters. The largest absolute Gasteiger partial charge is 0.338 e. The smallest absolute Gasteiger partial charge is 0.170 e. The van der Waals surface area contributed by atoms with Gasteiger partial charge in [0.05, 0.1) is 16.8 Å². The minimum absolute atomic E-state index is 0.250. The Hall–Kier alpha value is -2.42. The summed E-state index contributed by atoms with van der Waals surface area (Å²) in [5, 5.41) is 1.33. The normalized spacial score (nSPS) is 25.0. The van der Waals surface area contributed by atoms with Gasteiger partial charge in [0.2, 0.25) is 0 Å². The van der Waals surface area contributed by atoms with E-state index in [9.17, 15) is 4.79 Å². The van der Waals surface area contributed by atoms with Crippen molar-refractivity contribution in [1.29, 1.82) is 0 Å². The van der Waals surface area contributed by atoms with Gasteiger partial charge >= 0.3 is 0 Å². The third kappa shape index (κ3) is 1.67. The van der Waals surface area contributed by atoms with Gasteiger partial charge in [0, 0.05) is 30.4 Å². The van der Waals surface area contributed by atoms with Crippen molar-refractivity contribution in [2.75, 3.05) is 6.54 Å². The van der Waals surface area contributed by atoms with Crippen LogP contribution in [0.15, 0.2) is 47.0 Å². The Bertz CT molecular complexity index is 1000. The SMILES string of the molecule is CC1=CC=CC2(CC3=NCCc4c3n(c3cc(C)ccc43)C2)C1=O. The van der Waals surface area contributed by atoms with E-state index in [4.69, 9.17) is 4.99 Å². The fourth-order valence-electron chi connectivity index (χ4n) is 4.62. The average molecular weight is 316 g/mol. The van der Waals surface area contributed by atoms with Crippen LogP contribution in [0.1, 0.15) is 30.2 Å². The number of nitrogens with zero attached hydrogens (tertiary/aromatic N) is 2. The molecule has 2 aromatic rings. The van der Waals surface area contributed by atoms with E-state index < -0.39 is 5.41 Å². The molecule has 3 nitrogen and oxygen atoms in total. The van der Waals surface area contributed by atoms with E-state index in [2.05, 4.69) is 35.8 Å². The lowest BCUT2D eigenvalue weighted by molar-refractivity contribution is -0.123. The number of allylic oxidation sites excluding steroid dienone is 4. The van der Waals surface area contributed by atoms with Gasteiger partial charge in [-0.1, -0.05) is 30.4 Å². The van der Waals surface area contributed by atoms with Crippen LogP contribution in [0.4, 0.5) is 0 Å². The van der Waals surface area contributed by atoms with Crippen LogP contribution in [0.3, 0.4) is 0 Å². The van der Waals surface area contributed by atoms with E-state index in [1.807, 2.05) is 19.1 Å². The van der Waals surface area contributed by atoms with Crippen LogP contribution in [0.2, 0.25) is 0 Å². The van der Waals surface area contributed by atoms with Gasteiger partial charge in [-0.3, -0.25) is 9.79 Å². The van der Waals surface area contributed by atoms with Crippen LogP contribution in [0, 0.1) is 12.3 Å². The predicted octanol–water partition coefficient (Wildman–Crippen LogP) is 3.77. The summed E-state index contributed by atoms with van der Waals surface area (Å²) in [5.41, 5.74) is 6.71. The Balaban J connectivity index is 1.80. The quantitative estimate of drug-likeness (QED) is 0.728. The van der Waals surface area contributed by atoms with E-state index in [1.54, 1.807) is 0 Å². The van der Waals surface area contributed by atoms with Crippen LogP contribution < -0.4 is 0 Å². The van der Waals surface area contributed by atoms with Crippen molar-refractivity contribution in [3.05, 3.63) is 58.8 Å². The maximum Gasteiger partial charge on any atom is 0.170 e. The molecule has 2 aliphatic heterocycles. The number of carbonyl (C=O) groups excluding carboxylic acids is 1. The van der Waals surface area contributed by atoms with E-state index in [0.717, 1.165) is 37.2 Å². The maximum absolute atomic E-state index is 13.0. The van der Waals surface area contributed by atoms with Crippen molar-refractivity contribution in [2.45, 2.75) is 33.2 Å². The molecule has 3 heteroatoms. The van der Waals surface area contributed by atoms with Gasteiger partial charge in [-0.15, -0.1) is 0 Å². The van der Waals surface area contributed by atoms with Crippen LogP contribution in [0.5, 0.6) is 0 Å². The van der Waals surface area contributed by atoms with Crippen LogP contribution in [-0.2, 0) is 17.8 Å². The van der Waals surface area contributed by atoms with E-state index in [-0.39, 0.29) is 5.78 Å². The monoisotopic (exact) mass is 316 g/mol. The topological polar surface area (TPSA) is 34.4 Å². The fraction of sp³-hybridized carbons (Fsp3) is 0.333. The first kappa shape index (κ1) is 14.0. The molecule has 1 aromatic heterocycles. The van der Waals surface area contributed by atoms with Gasteiger partial charge in [0.15, 0.2) is 5.78 Å². The number of aryl methyl sites for hydroxylation is 1. The molecule has 5 rings (SSSR count). The van der Waals surface area contributed by atoms with E-state index in [1.165, 1.54) is 27.7 Å². The number of rotatable bonds is 0. The average Bonchev–Trinajstić information content (AvgIpc) is 2.88. The van der Waals surface area contributed by atoms with Crippen LogP contribution in [-0.4, -0.2) is 22.6 Å². The molecule has 0 saturated heterocycles. The highest BCUT2D eigenvalue weighted by Crippen LogP contribution is 2.43. The highest BCUT2D eigenvalue weighted by Gasteiger charge is 2.45. The first-order valence-corrected chi connectivity index (χ1v) is 8.65. The molecule has 0 radical (unpaired) electrons. The van der Waals surface area contributed by atoms with Crippen molar-refractivity contribution >= 4 is 22.4 Å². The Morgan fingerprint density at radius 3 is 3.00 bits per heavy atom. The Morgan fingerprint density at radius 1 is 1.25 bits per heavy atom. The third-order valence-electron chi connectivity index (χ3n) is 5.76. The van der Waals surface area contributed by atoms with Gasteiger partial charge in [-0.2, -0.15) is 0 Å². The molecule has 1 aromatic carbocycles. The van der Waals surface area contributed by atoms with Crippen molar-refractivity contribution in [2.24, 2.45) is 10.4 Å². The number of carbonyl (C=O) groups is 1. The number of hydrogen-bond acceptors (Lipinski definition) is 2. The molecule has 0 bridgehead atoms. The van der Waals surface area contributed by atoms with Crippen LogP contribution in [0.25, 0.3) is 10.9 Å². The summed E-state index contributed by atoms with van der Waals surface area (Å²) in [7, 11) is 0. The zero-order chi connectivity index (χ0) is 16.5. The number of aromatic nitrogens is 1. The molecule has 120 valence electrons. The number of ketones is 1. The van der Waals surface area contributed by atoms with Crippen molar-refractivity contribution in [1.82, 2.24) is 4.57 Å². The highest BCUT2D eigenvalue weighted by molar-refractivity contribution is 6.13. The molecule has 0 saturated carbocycles. The molecule has 24 heavy (non-hydrogen) atoms. The molecule has 3 aliphatic rings. The fourth-order valence-corrected chi connectivity index (χ4v) is 4.62. The van der Waals surface area contributed by atoms with Crippen LogP contribution >= 0.6 is 0 Å². The van der Waals surface area contributed by atoms with Gasteiger partial charge in [-0.05, 0) is 43.0 Å². The summed E-state index contributed by atoms with van der Waals surface area (Å²) in [5.74, 6) is 0.250. The maximum atomic E-state index is 13.0. The zero-order valence-corrected chi connectivity index (χ0v) is 14.1. The zero-order valence-electron chi connectivity index (χ0n) is 14.1. The molecule has 3 heterocycles. The van der Waals surface area contributed by atoms with Gasteiger partial charge in [-0.25, -0.2) is 0 Å². The molecule has 0 N–H and O–H groups in total. The standard InChI is InChI=1S/C21H20N2O/c1-13-5-6-15-16-7-9-22-17-11-21(8-3-4-14(2)20(21)24)12-23(19(16)17)18(15)10-13/h3-6,8,10H,7,9,11-12H2,1-2H3. The Kier molecular flexibility index (Phi) is 2.66. The molecular formula is C21H20N2O. The third-order valence-corrected chi connectivity index (χ3v) is 5.76. The van der Waals surface area contributed by atoms with Crippen molar-refractivity contribution in [3.8, 4) is 0 Å². The lowest BCUT2D eigenvalue weighted by atomic mass is 9.71. The summed E-state index contributed by atoms with van der Waals surface area (Å²) in [4.78, 5) is 17.8. The summed E-state index contributed by atoms with van der Waals surface area (Å²) < 4.78 is 2.36. The predicted molar refractivity (Wildman–Crippen MR) is 96.7 cm³/mol. The first-order chi connectivity index (χ1) is 11.6. The van der Waals surface area contributed by atoms with E-state index in [0.29, 0.717) is 0 Å². The van der Waals surface area contributed by atoms with Gasteiger partial charge < -0.3 is 4.57 Å². The number of fused-ring (bicyclic) bond motifs is 3. The lowest BCUT2D eigenvalue weighted by Crippen LogP contribution is -2.43. The Labute approximate surface area is 141 Å². The second kappa shape index (κ2) is 4.56.